The first kappa shape index (κ1) is 9.34. The van der Waals surface area contributed by atoms with Crippen molar-refractivity contribution in [2.24, 2.45) is 5.92 Å². The van der Waals surface area contributed by atoms with Crippen molar-refractivity contribution in [1.82, 2.24) is 0 Å². The highest BCUT2D eigenvalue weighted by Gasteiger charge is 2.26. The molecule has 0 saturated heterocycles. The zero-order valence-corrected chi connectivity index (χ0v) is 8.12. The lowest BCUT2D eigenvalue weighted by atomic mass is 9.97. The Labute approximate surface area is 86.3 Å². The van der Waals surface area contributed by atoms with E-state index < -0.39 is 11.9 Å². The monoisotopic (exact) mass is 212 g/mol. The molecule has 3 nitrogen and oxygen atoms in total. The minimum absolute atomic E-state index is 0.225. The lowest BCUT2D eigenvalue weighted by molar-refractivity contribution is -0.143. The van der Waals surface area contributed by atoms with Crippen molar-refractivity contribution >= 4 is 17.6 Å². The van der Waals surface area contributed by atoms with Crippen molar-refractivity contribution in [2.75, 3.05) is 6.61 Å². The Morgan fingerprint density at radius 3 is 3.07 bits per heavy atom. The van der Waals surface area contributed by atoms with Crippen LogP contribution in [-0.4, -0.2) is 17.7 Å². The lowest BCUT2D eigenvalue weighted by Crippen LogP contribution is -2.27. The lowest BCUT2D eigenvalue weighted by Gasteiger charge is -2.23. The number of aliphatic carboxylic acids is 1. The van der Waals surface area contributed by atoms with Crippen LogP contribution in [0.3, 0.4) is 0 Å². The summed E-state index contributed by atoms with van der Waals surface area (Å²) in [6, 6.07) is 5.34. The summed E-state index contributed by atoms with van der Waals surface area (Å²) < 4.78 is 5.31. The molecular formula is C10H9ClO3. The first-order chi connectivity index (χ1) is 6.68. The number of hydrogen-bond acceptors (Lipinski definition) is 2. The Hall–Kier alpha value is -1.22. The Morgan fingerprint density at radius 2 is 2.36 bits per heavy atom. The highest BCUT2D eigenvalue weighted by molar-refractivity contribution is 6.31. The van der Waals surface area contributed by atoms with Gasteiger partial charge in [0.05, 0.1) is 5.92 Å². The van der Waals surface area contributed by atoms with Gasteiger partial charge in [0.15, 0.2) is 0 Å². The number of fused-ring (bicyclic) bond motifs is 1. The smallest absolute Gasteiger partial charge is 0.310 e. The van der Waals surface area contributed by atoms with Gasteiger partial charge in [0.2, 0.25) is 0 Å². The van der Waals surface area contributed by atoms with Crippen LogP contribution >= 0.6 is 11.6 Å². The van der Waals surface area contributed by atoms with Gasteiger partial charge in [-0.05, 0) is 18.6 Å². The fourth-order valence-electron chi connectivity index (χ4n) is 1.53. The molecule has 0 spiro atoms. The summed E-state index contributed by atoms with van der Waals surface area (Å²) in [6.07, 6.45) is 0.449. The van der Waals surface area contributed by atoms with E-state index in [1.165, 1.54) is 0 Å². The summed E-state index contributed by atoms with van der Waals surface area (Å²) in [7, 11) is 0. The molecule has 0 saturated carbocycles. The van der Waals surface area contributed by atoms with Gasteiger partial charge >= 0.3 is 5.97 Å². The van der Waals surface area contributed by atoms with E-state index in [9.17, 15) is 4.79 Å². The molecule has 1 aliphatic heterocycles. The van der Waals surface area contributed by atoms with Gasteiger partial charge in [0, 0.05) is 10.6 Å². The highest BCUT2D eigenvalue weighted by Crippen LogP contribution is 2.32. The van der Waals surface area contributed by atoms with Gasteiger partial charge in [-0.15, -0.1) is 0 Å². The van der Waals surface area contributed by atoms with Crippen molar-refractivity contribution in [1.29, 1.82) is 0 Å². The number of carboxylic acids is 1. The third-order valence-corrected chi connectivity index (χ3v) is 2.67. The molecule has 0 aromatic heterocycles. The van der Waals surface area contributed by atoms with E-state index in [4.69, 9.17) is 21.4 Å². The summed E-state index contributed by atoms with van der Waals surface area (Å²) in [5.41, 5.74) is 0.799. The third kappa shape index (κ3) is 1.55. The van der Waals surface area contributed by atoms with Gasteiger partial charge < -0.3 is 9.84 Å². The van der Waals surface area contributed by atoms with Crippen LogP contribution in [0.1, 0.15) is 5.56 Å². The zero-order valence-electron chi connectivity index (χ0n) is 7.37. The van der Waals surface area contributed by atoms with E-state index >= 15 is 0 Å². The molecule has 0 aliphatic carbocycles. The second-order valence-corrected chi connectivity index (χ2v) is 3.67. The van der Waals surface area contributed by atoms with E-state index in [-0.39, 0.29) is 6.61 Å². The van der Waals surface area contributed by atoms with Crippen molar-refractivity contribution in [3.63, 3.8) is 0 Å². The van der Waals surface area contributed by atoms with Crippen molar-refractivity contribution in [3.8, 4) is 5.75 Å². The standard InChI is InChI=1S/C10H9ClO3/c11-8-2-1-3-9-7(8)4-6(5-14-9)10(12)13/h1-3,6H,4-5H2,(H,12,13)/t6-/m0/s1. The van der Waals surface area contributed by atoms with Crippen LogP contribution in [0.25, 0.3) is 0 Å². The number of benzene rings is 1. The molecular weight excluding hydrogens is 204 g/mol. The summed E-state index contributed by atoms with van der Waals surface area (Å²) >= 11 is 5.94. The van der Waals surface area contributed by atoms with E-state index in [1.807, 2.05) is 0 Å². The van der Waals surface area contributed by atoms with Gasteiger partial charge in [-0.3, -0.25) is 4.79 Å². The Morgan fingerprint density at radius 1 is 1.57 bits per heavy atom. The van der Waals surface area contributed by atoms with Crippen LogP contribution in [0.5, 0.6) is 5.75 Å². The van der Waals surface area contributed by atoms with Crippen LogP contribution in [0.2, 0.25) is 5.02 Å². The molecule has 1 aromatic carbocycles. The summed E-state index contributed by atoms with van der Waals surface area (Å²) in [5, 5.41) is 9.41. The molecule has 0 unspecified atom stereocenters. The molecule has 1 N–H and O–H groups in total. The fourth-order valence-corrected chi connectivity index (χ4v) is 1.77. The Kier molecular flexibility index (Phi) is 2.33. The molecule has 0 bridgehead atoms. The molecule has 1 aliphatic rings. The van der Waals surface area contributed by atoms with Gasteiger partial charge in [-0.2, -0.15) is 0 Å². The summed E-state index contributed by atoms with van der Waals surface area (Å²) in [6.45, 7) is 0.225. The van der Waals surface area contributed by atoms with Crippen LogP contribution in [0.15, 0.2) is 18.2 Å². The average molecular weight is 213 g/mol. The quantitative estimate of drug-likeness (QED) is 0.774. The Balaban J connectivity index is 2.33. The second-order valence-electron chi connectivity index (χ2n) is 3.27. The molecule has 2 rings (SSSR count). The van der Waals surface area contributed by atoms with E-state index in [1.54, 1.807) is 18.2 Å². The molecule has 4 heteroatoms. The molecule has 74 valence electrons. The number of rotatable bonds is 1. The summed E-state index contributed by atoms with van der Waals surface area (Å²) in [5.74, 6) is -0.618. The van der Waals surface area contributed by atoms with E-state index in [0.717, 1.165) is 5.56 Å². The molecule has 1 atom stereocenters. The Bertz CT molecular complexity index is 376. The highest BCUT2D eigenvalue weighted by atomic mass is 35.5. The van der Waals surface area contributed by atoms with Gasteiger partial charge in [-0.25, -0.2) is 0 Å². The molecule has 1 aromatic rings. The minimum atomic E-state index is -0.837. The largest absolute Gasteiger partial charge is 0.492 e. The van der Waals surface area contributed by atoms with Crippen LogP contribution < -0.4 is 4.74 Å². The number of halogens is 1. The third-order valence-electron chi connectivity index (χ3n) is 2.32. The van der Waals surface area contributed by atoms with Crippen molar-refractivity contribution in [2.45, 2.75) is 6.42 Å². The van der Waals surface area contributed by atoms with Gasteiger partial charge in [0.25, 0.3) is 0 Å². The fraction of sp³-hybridized carbons (Fsp3) is 0.300. The maximum Gasteiger partial charge on any atom is 0.310 e. The van der Waals surface area contributed by atoms with Crippen molar-refractivity contribution in [3.05, 3.63) is 28.8 Å². The van der Waals surface area contributed by atoms with Crippen LogP contribution in [-0.2, 0) is 11.2 Å². The number of hydrogen-bond donors (Lipinski definition) is 1. The minimum Gasteiger partial charge on any atom is -0.492 e. The predicted molar refractivity (Wildman–Crippen MR) is 51.8 cm³/mol. The van der Waals surface area contributed by atoms with Gasteiger partial charge in [0.1, 0.15) is 12.4 Å². The molecule has 0 radical (unpaired) electrons. The second kappa shape index (κ2) is 3.50. The molecule has 1 heterocycles. The first-order valence-electron chi connectivity index (χ1n) is 4.31. The molecule has 0 fully saturated rings. The number of carboxylic acid groups (broad SMARTS) is 1. The van der Waals surface area contributed by atoms with E-state index in [2.05, 4.69) is 0 Å². The normalized spacial score (nSPS) is 19.6. The van der Waals surface area contributed by atoms with Gasteiger partial charge in [-0.1, -0.05) is 17.7 Å². The van der Waals surface area contributed by atoms with Crippen LogP contribution in [0.4, 0.5) is 0 Å². The average Bonchev–Trinajstić information content (AvgIpc) is 2.18. The predicted octanol–water partition coefficient (Wildman–Crippen LogP) is 1.98. The number of carbonyl (C=O) groups is 1. The van der Waals surface area contributed by atoms with Crippen molar-refractivity contribution < 1.29 is 14.6 Å². The topological polar surface area (TPSA) is 46.5 Å². The molecule has 14 heavy (non-hydrogen) atoms. The zero-order chi connectivity index (χ0) is 10.1. The first-order valence-corrected chi connectivity index (χ1v) is 4.69. The molecule has 0 amide bonds. The van der Waals surface area contributed by atoms with E-state index in [0.29, 0.717) is 17.2 Å². The maximum absolute atomic E-state index is 10.8. The maximum atomic E-state index is 10.8. The van der Waals surface area contributed by atoms with Crippen LogP contribution in [0, 0.1) is 5.92 Å². The SMILES string of the molecule is O=C(O)[C@@H]1COc2cccc(Cl)c2C1. The summed E-state index contributed by atoms with van der Waals surface area (Å²) in [4.78, 5) is 10.8. The number of ether oxygens (including phenoxy) is 1.